The number of amides is 1. The van der Waals surface area contributed by atoms with Gasteiger partial charge in [-0.3, -0.25) is 10.2 Å². The highest BCUT2D eigenvalue weighted by Gasteiger charge is 2.32. The molecule has 0 bridgehead atoms. The van der Waals surface area contributed by atoms with E-state index in [-0.39, 0.29) is 11.4 Å². The predicted octanol–water partition coefficient (Wildman–Crippen LogP) is 3.65. The fraction of sp³-hybridized carbons (Fsp3) is 0.158. The van der Waals surface area contributed by atoms with Crippen LogP contribution in [-0.4, -0.2) is 32.0 Å². The Balaban J connectivity index is 1.79. The summed E-state index contributed by atoms with van der Waals surface area (Å²) < 4.78 is 2.15. The molecule has 1 aromatic carbocycles. The van der Waals surface area contributed by atoms with Crippen LogP contribution in [0, 0.1) is 26.2 Å². The van der Waals surface area contributed by atoms with Crippen LogP contribution in [0.2, 0.25) is 0 Å². The molecule has 0 atom stereocenters. The zero-order chi connectivity index (χ0) is 18.4. The Morgan fingerprint density at radius 2 is 2.00 bits per heavy atom. The van der Waals surface area contributed by atoms with Crippen LogP contribution < -0.4 is 0 Å². The van der Waals surface area contributed by atoms with Crippen molar-refractivity contribution >= 4 is 40.3 Å². The van der Waals surface area contributed by atoms with Gasteiger partial charge in [0.1, 0.15) is 0 Å². The predicted molar refractivity (Wildman–Crippen MR) is 106 cm³/mol. The van der Waals surface area contributed by atoms with Gasteiger partial charge in [0.25, 0.3) is 5.91 Å². The van der Waals surface area contributed by atoms with Crippen molar-refractivity contribution in [1.82, 2.24) is 9.58 Å². The van der Waals surface area contributed by atoms with Gasteiger partial charge in [-0.25, -0.2) is 0 Å². The Kier molecular flexibility index (Phi) is 3.88. The smallest absolute Gasteiger partial charge is 0.283 e. The second-order valence-corrected chi connectivity index (χ2v) is 7.07. The van der Waals surface area contributed by atoms with E-state index in [1.807, 2.05) is 26.0 Å². The van der Waals surface area contributed by atoms with Crippen molar-refractivity contribution < 1.29 is 4.79 Å². The molecule has 0 unspecified atom stereocenters. The quantitative estimate of drug-likeness (QED) is 0.828. The molecule has 2 aliphatic heterocycles. The monoisotopic (exact) mass is 363 g/mol. The van der Waals surface area contributed by atoms with E-state index in [0.29, 0.717) is 5.17 Å². The van der Waals surface area contributed by atoms with Crippen molar-refractivity contribution in [1.29, 1.82) is 5.41 Å². The minimum Gasteiger partial charge on any atom is -0.318 e. The van der Waals surface area contributed by atoms with Gasteiger partial charge in [-0.1, -0.05) is 12.1 Å². The number of benzene rings is 1. The number of rotatable bonds is 2. The first-order chi connectivity index (χ1) is 12.5. The Labute approximate surface area is 155 Å². The average molecular weight is 363 g/mol. The van der Waals surface area contributed by atoms with E-state index in [2.05, 4.69) is 39.8 Å². The molecule has 3 heterocycles. The van der Waals surface area contributed by atoms with Crippen molar-refractivity contribution in [2.75, 3.05) is 0 Å². The first-order valence-corrected chi connectivity index (χ1v) is 9.02. The Morgan fingerprint density at radius 3 is 2.77 bits per heavy atom. The van der Waals surface area contributed by atoms with E-state index in [4.69, 9.17) is 5.41 Å². The molecule has 7 heteroatoms. The lowest BCUT2D eigenvalue weighted by atomic mass is 10.1. The second-order valence-electron chi connectivity index (χ2n) is 6.26. The summed E-state index contributed by atoms with van der Waals surface area (Å²) in [4.78, 5) is 16.4. The van der Waals surface area contributed by atoms with Crippen molar-refractivity contribution in [3.05, 3.63) is 58.4 Å². The summed E-state index contributed by atoms with van der Waals surface area (Å²) in [6.45, 7) is 6.10. The number of nitrogens with zero attached hydrogens (tertiary/aromatic N) is 4. The number of hydrogen-bond acceptors (Lipinski definition) is 4. The number of carbonyl (C=O) groups excluding carboxylic acids is 1. The molecule has 0 saturated carbocycles. The summed E-state index contributed by atoms with van der Waals surface area (Å²) in [6, 6.07) is 10.3. The van der Waals surface area contributed by atoms with E-state index in [1.54, 1.807) is 11.6 Å². The van der Waals surface area contributed by atoms with Crippen LogP contribution in [0.4, 0.5) is 0 Å². The van der Waals surface area contributed by atoms with Crippen molar-refractivity contribution in [2.24, 2.45) is 10.1 Å². The van der Waals surface area contributed by atoms with Crippen LogP contribution in [0.15, 0.2) is 46.0 Å². The van der Waals surface area contributed by atoms with E-state index < -0.39 is 5.91 Å². The number of aromatic nitrogens is 1. The Hall–Kier alpha value is -2.93. The number of hydrogen-bond donors (Lipinski definition) is 1. The number of fused-ring (bicyclic) bond motifs is 1. The topological polar surface area (TPSA) is 73.8 Å². The maximum atomic E-state index is 12.4. The minimum atomic E-state index is -0.403. The molecule has 1 N–H and O–H groups in total. The third-order valence-electron chi connectivity index (χ3n) is 4.43. The normalized spacial score (nSPS) is 17.9. The van der Waals surface area contributed by atoms with Gasteiger partial charge >= 0.3 is 0 Å². The number of carbonyl (C=O) groups is 1. The molecule has 0 saturated heterocycles. The fourth-order valence-electron chi connectivity index (χ4n) is 3.19. The van der Waals surface area contributed by atoms with Gasteiger partial charge in [-0.2, -0.15) is 15.1 Å². The summed E-state index contributed by atoms with van der Waals surface area (Å²) in [5, 5.41) is 14.2. The Morgan fingerprint density at radius 1 is 1.19 bits per heavy atom. The lowest BCUT2D eigenvalue weighted by Crippen LogP contribution is -2.35. The van der Waals surface area contributed by atoms with Crippen molar-refractivity contribution in [3.63, 3.8) is 0 Å². The highest BCUT2D eigenvalue weighted by molar-refractivity contribution is 8.25. The average Bonchev–Trinajstić information content (AvgIpc) is 3.16. The molecule has 1 amide bonds. The highest BCUT2D eigenvalue weighted by atomic mass is 32.2. The van der Waals surface area contributed by atoms with Crippen LogP contribution in [0.1, 0.15) is 22.5 Å². The van der Waals surface area contributed by atoms with E-state index in [0.717, 1.165) is 22.6 Å². The van der Waals surface area contributed by atoms with Crippen LogP contribution in [0.5, 0.6) is 0 Å². The molecule has 0 radical (unpaired) electrons. The molecule has 0 aliphatic carbocycles. The van der Waals surface area contributed by atoms with Crippen molar-refractivity contribution in [2.45, 2.75) is 20.8 Å². The summed E-state index contributed by atoms with van der Waals surface area (Å²) in [7, 11) is 0. The maximum Gasteiger partial charge on any atom is 0.283 e. The second kappa shape index (κ2) is 6.10. The maximum absolute atomic E-state index is 12.4. The molecule has 1 aromatic heterocycles. The highest BCUT2D eigenvalue weighted by Crippen LogP contribution is 2.27. The number of hydrazone groups is 1. The van der Waals surface area contributed by atoms with Gasteiger partial charge < -0.3 is 4.57 Å². The number of thioether (sulfide) groups is 1. The van der Waals surface area contributed by atoms with Gasteiger partial charge in [0, 0.05) is 17.1 Å². The Bertz CT molecular complexity index is 1040. The van der Waals surface area contributed by atoms with Crippen LogP contribution >= 0.6 is 11.8 Å². The lowest BCUT2D eigenvalue weighted by molar-refractivity contribution is -0.114. The molecule has 0 fully saturated rings. The third kappa shape index (κ3) is 2.61. The molecule has 26 heavy (non-hydrogen) atoms. The van der Waals surface area contributed by atoms with Crippen LogP contribution in [-0.2, 0) is 4.79 Å². The molecule has 0 spiro atoms. The van der Waals surface area contributed by atoms with E-state index >= 15 is 0 Å². The molecule has 6 nitrogen and oxygen atoms in total. The number of aliphatic imine (C=N–C) groups is 1. The van der Waals surface area contributed by atoms with Gasteiger partial charge in [-0.05, 0) is 67.9 Å². The molecule has 2 aliphatic rings. The van der Waals surface area contributed by atoms with Crippen LogP contribution in [0.25, 0.3) is 11.8 Å². The van der Waals surface area contributed by atoms with Gasteiger partial charge in [-0.15, -0.1) is 0 Å². The zero-order valence-corrected chi connectivity index (χ0v) is 15.5. The molecule has 130 valence electrons. The first-order valence-electron chi connectivity index (χ1n) is 8.14. The summed E-state index contributed by atoms with van der Waals surface area (Å²) in [5.74, 6) is -0.346. The molecule has 2 aromatic rings. The number of nitrogens with one attached hydrogen (secondary N) is 1. The number of aryl methyl sites for hydroxylation is 2. The molecular weight excluding hydrogens is 346 g/mol. The third-order valence-corrected chi connectivity index (χ3v) is 5.10. The lowest BCUT2D eigenvalue weighted by Gasteiger charge is -2.20. The van der Waals surface area contributed by atoms with Crippen LogP contribution in [0.3, 0.4) is 0 Å². The van der Waals surface area contributed by atoms with Gasteiger partial charge in [0.05, 0.1) is 11.1 Å². The van der Waals surface area contributed by atoms with E-state index in [9.17, 15) is 4.79 Å². The summed E-state index contributed by atoms with van der Waals surface area (Å²) in [5.41, 5.74) is 7.06. The molecule has 4 rings (SSSR count). The first kappa shape index (κ1) is 16.5. The zero-order valence-electron chi connectivity index (χ0n) is 14.6. The standard InChI is InChI=1S/C19H17N5OS/c1-11-5-4-6-15(7-11)23-12(2)8-14(13(23)3)9-16-17(20)24-19(22-18(16)25)26-10-21-24/h4-10,20H,1-3H3. The van der Waals surface area contributed by atoms with Gasteiger partial charge in [0.2, 0.25) is 0 Å². The van der Waals surface area contributed by atoms with Gasteiger partial charge in [0.15, 0.2) is 11.0 Å². The summed E-state index contributed by atoms with van der Waals surface area (Å²) >= 11 is 1.24. The van der Waals surface area contributed by atoms with E-state index in [1.165, 1.54) is 22.3 Å². The largest absolute Gasteiger partial charge is 0.318 e. The van der Waals surface area contributed by atoms with Crippen molar-refractivity contribution in [3.8, 4) is 5.69 Å². The summed E-state index contributed by atoms with van der Waals surface area (Å²) in [6.07, 6.45) is 1.73. The fourth-order valence-corrected chi connectivity index (χ4v) is 3.80. The minimum absolute atomic E-state index is 0.0570. The number of amidine groups is 2. The SMILES string of the molecule is Cc1cccc(-n2c(C)cc(C=C3C(=N)N4N=CSC4=NC3=O)c2C)c1. The molecular formula is C19H17N5OS.